The predicted octanol–water partition coefficient (Wildman–Crippen LogP) is 3.27. The molecule has 26 heavy (non-hydrogen) atoms. The van der Waals surface area contributed by atoms with E-state index in [2.05, 4.69) is 10.3 Å². The molecule has 1 heterocycles. The lowest BCUT2D eigenvalue weighted by atomic mass is 9.76. The number of hydrogen-bond donors (Lipinski definition) is 2. The zero-order chi connectivity index (χ0) is 18.7. The van der Waals surface area contributed by atoms with Crippen LogP contribution in [0, 0.1) is 5.92 Å². The molecule has 0 unspecified atom stereocenters. The molecule has 1 aromatic heterocycles. The summed E-state index contributed by atoms with van der Waals surface area (Å²) in [6, 6.07) is 9.94. The van der Waals surface area contributed by atoms with Gasteiger partial charge in [0.2, 0.25) is 5.91 Å². The number of benzene rings is 1. The van der Waals surface area contributed by atoms with E-state index in [4.69, 9.17) is 0 Å². The minimum absolute atomic E-state index is 0.0155. The standard InChI is InChI=1S/C19H19F3N2O2/c20-19(21,22)15-6-2-1-5-12(15)11-17(26)24-18(13-9-14(25)10-13)16-7-3-4-8-23-16/h1-8,13-14,18,25H,9-11H2,(H,24,26)/t13?,14?,18-/m0/s1. The molecule has 4 nitrogen and oxygen atoms in total. The van der Waals surface area contributed by atoms with Crippen molar-refractivity contribution in [2.75, 3.05) is 0 Å². The highest BCUT2D eigenvalue weighted by atomic mass is 19.4. The van der Waals surface area contributed by atoms with Crippen molar-refractivity contribution in [3.05, 3.63) is 65.5 Å². The van der Waals surface area contributed by atoms with Crippen LogP contribution in [0.2, 0.25) is 0 Å². The van der Waals surface area contributed by atoms with E-state index < -0.39 is 29.8 Å². The molecule has 1 aromatic carbocycles. The van der Waals surface area contributed by atoms with Gasteiger partial charge in [-0.25, -0.2) is 0 Å². The van der Waals surface area contributed by atoms with Crippen LogP contribution in [0.3, 0.4) is 0 Å². The second-order valence-corrected chi connectivity index (χ2v) is 6.52. The quantitative estimate of drug-likeness (QED) is 0.856. The van der Waals surface area contributed by atoms with Crippen molar-refractivity contribution in [1.82, 2.24) is 10.3 Å². The van der Waals surface area contributed by atoms with Crippen LogP contribution >= 0.6 is 0 Å². The highest BCUT2D eigenvalue weighted by Gasteiger charge is 2.37. The van der Waals surface area contributed by atoms with E-state index in [0.717, 1.165) is 6.07 Å². The Kier molecular flexibility index (Phi) is 5.27. The lowest BCUT2D eigenvalue weighted by Gasteiger charge is -2.37. The van der Waals surface area contributed by atoms with Gasteiger partial charge in [-0.3, -0.25) is 9.78 Å². The van der Waals surface area contributed by atoms with E-state index in [1.165, 1.54) is 18.2 Å². The number of aliphatic hydroxyl groups is 1. The van der Waals surface area contributed by atoms with Crippen LogP contribution in [0.1, 0.15) is 35.7 Å². The van der Waals surface area contributed by atoms with Crippen molar-refractivity contribution in [3.8, 4) is 0 Å². The van der Waals surface area contributed by atoms with Gasteiger partial charge < -0.3 is 10.4 Å². The van der Waals surface area contributed by atoms with E-state index >= 15 is 0 Å². The molecule has 2 N–H and O–H groups in total. The van der Waals surface area contributed by atoms with Gasteiger partial charge in [-0.2, -0.15) is 13.2 Å². The molecule has 0 radical (unpaired) electrons. The highest BCUT2D eigenvalue weighted by molar-refractivity contribution is 5.79. The summed E-state index contributed by atoms with van der Waals surface area (Å²) in [6.45, 7) is 0. The molecule has 1 atom stereocenters. The number of pyridine rings is 1. The molecule has 2 aromatic rings. The first kappa shape index (κ1) is 18.4. The van der Waals surface area contributed by atoms with E-state index in [0.29, 0.717) is 18.5 Å². The number of nitrogens with zero attached hydrogens (tertiary/aromatic N) is 1. The maximum Gasteiger partial charge on any atom is 0.416 e. The van der Waals surface area contributed by atoms with Gasteiger partial charge in [0.1, 0.15) is 0 Å². The molecule has 138 valence electrons. The SMILES string of the molecule is O=C(Cc1ccccc1C(F)(F)F)N[C@H](c1ccccn1)C1CC(O)C1. The lowest BCUT2D eigenvalue weighted by molar-refractivity contribution is -0.138. The number of alkyl halides is 3. The van der Waals surface area contributed by atoms with Gasteiger partial charge in [0.15, 0.2) is 0 Å². The molecule has 1 amide bonds. The molecule has 0 bridgehead atoms. The van der Waals surface area contributed by atoms with Gasteiger partial charge in [-0.1, -0.05) is 24.3 Å². The molecule has 1 fully saturated rings. The predicted molar refractivity (Wildman–Crippen MR) is 89.0 cm³/mol. The molecule has 0 saturated heterocycles. The van der Waals surface area contributed by atoms with Crippen LogP contribution in [0.25, 0.3) is 0 Å². The molecule has 0 spiro atoms. The van der Waals surface area contributed by atoms with Gasteiger partial charge in [-0.15, -0.1) is 0 Å². The Morgan fingerprint density at radius 3 is 2.50 bits per heavy atom. The average molecular weight is 364 g/mol. The number of halogens is 3. The van der Waals surface area contributed by atoms with Crippen LogP contribution in [-0.4, -0.2) is 22.1 Å². The second-order valence-electron chi connectivity index (χ2n) is 6.52. The Labute approximate surface area is 149 Å². The third-order valence-corrected chi connectivity index (χ3v) is 4.62. The highest BCUT2D eigenvalue weighted by Crippen LogP contribution is 2.37. The maximum atomic E-state index is 13.1. The smallest absolute Gasteiger partial charge is 0.393 e. The van der Waals surface area contributed by atoms with Crippen molar-refractivity contribution < 1.29 is 23.1 Å². The topological polar surface area (TPSA) is 62.2 Å². The number of rotatable bonds is 5. The molecular weight excluding hydrogens is 345 g/mol. The molecule has 1 saturated carbocycles. The average Bonchev–Trinajstić information content (AvgIpc) is 2.57. The van der Waals surface area contributed by atoms with Crippen LogP contribution < -0.4 is 5.32 Å². The fourth-order valence-electron chi connectivity index (χ4n) is 3.24. The Bertz CT molecular complexity index is 759. The molecule has 1 aliphatic carbocycles. The number of carbonyl (C=O) groups excluding carboxylic acids is 1. The first-order valence-corrected chi connectivity index (χ1v) is 8.38. The van der Waals surface area contributed by atoms with Gasteiger partial charge in [0.05, 0.1) is 29.8 Å². The zero-order valence-electron chi connectivity index (χ0n) is 13.9. The number of aromatic nitrogens is 1. The minimum atomic E-state index is -4.50. The third-order valence-electron chi connectivity index (χ3n) is 4.62. The minimum Gasteiger partial charge on any atom is -0.393 e. The number of amides is 1. The molecule has 3 rings (SSSR count). The molecular formula is C19H19F3N2O2. The molecule has 0 aliphatic heterocycles. The van der Waals surface area contributed by atoms with Crippen molar-refractivity contribution in [2.24, 2.45) is 5.92 Å². The zero-order valence-corrected chi connectivity index (χ0v) is 13.9. The summed E-state index contributed by atoms with van der Waals surface area (Å²) in [4.78, 5) is 16.7. The van der Waals surface area contributed by atoms with Gasteiger partial charge in [-0.05, 0) is 42.5 Å². The monoisotopic (exact) mass is 364 g/mol. The Morgan fingerprint density at radius 2 is 1.88 bits per heavy atom. The van der Waals surface area contributed by atoms with Crippen molar-refractivity contribution in [3.63, 3.8) is 0 Å². The van der Waals surface area contributed by atoms with Crippen LogP contribution in [0.4, 0.5) is 13.2 Å². The summed E-state index contributed by atoms with van der Waals surface area (Å²) < 4.78 is 39.3. The van der Waals surface area contributed by atoms with E-state index in [9.17, 15) is 23.1 Å². The van der Waals surface area contributed by atoms with Crippen molar-refractivity contribution in [1.29, 1.82) is 0 Å². The van der Waals surface area contributed by atoms with Gasteiger partial charge in [0, 0.05) is 6.20 Å². The summed E-state index contributed by atoms with van der Waals surface area (Å²) in [5, 5.41) is 12.4. The van der Waals surface area contributed by atoms with Gasteiger partial charge >= 0.3 is 6.18 Å². The summed E-state index contributed by atoms with van der Waals surface area (Å²) in [5.74, 6) is -0.486. The fourth-order valence-corrected chi connectivity index (χ4v) is 3.24. The fraction of sp³-hybridized carbons (Fsp3) is 0.368. The molecule has 1 aliphatic rings. The molecule has 7 heteroatoms. The first-order chi connectivity index (χ1) is 12.3. The number of aliphatic hydroxyl groups excluding tert-OH is 1. The largest absolute Gasteiger partial charge is 0.416 e. The maximum absolute atomic E-state index is 13.1. The number of nitrogens with one attached hydrogen (secondary N) is 1. The first-order valence-electron chi connectivity index (χ1n) is 8.38. The summed E-state index contributed by atoms with van der Waals surface area (Å²) >= 11 is 0. The number of carbonyl (C=O) groups is 1. The Balaban J connectivity index is 1.75. The lowest BCUT2D eigenvalue weighted by Crippen LogP contribution is -2.42. The van der Waals surface area contributed by atoms with E-state index in [1.807, 2.05) is 0 Å². The van der Waals surface area contributed by atoms with Crippen molar-refractivity contribution in [2.45, 2.75) is 37.6 Å². The van der Waals surface area contributed by atoms with Crippen LogP contribution in [-0.2, 0) is 17.4 Å². The summed E-state index contributed by atoms with van der Waals surface area (Å²) in [5.41, 5.74) is -0.226. The number of hydrogen-bond acceptors (Lipinski definition) is 3. The van der Waals surface area contributed by atoms with Crippen LogP contribution in [0.15, 0.2) is 48.7 Å². The Hall–Kier alpha value is -2.41. The third kappa shape index (κ3) is 4.22. The summed E-state index contributed by atoms with van der Waals surface area (Å²) in [6.07, 6.45) is -2.62. The normalized spacial score (nSPS) is 20.9. The van der Waals surface area contributed by atoms with Crippen molar-refractivity contribution >= 4 is 5.91 Å². The summed E-state index contributed by atoms with van der Waals surface area (Å²) in [7, 11) is 0. The van der Waals surface area contributed by atoms with Gasteiger partial charge in [0.25, 0.3) is 0 Å². The Morgan fingerprint density at radius 1 is 1.19 bits per heavy atom. The van der Waals surface area contributed by atoms with Crippen LogP contribution in [0.5, 0.6) is 0 Å². The van der Waals surface area contributed by atoms with E-state index in [1.54, 1.807) is 24.4 Å². The second kappa shape index (κ2) is 7.45. The van der Waals surface area contributed by atoms with E-state index in [-0.39, 0.29) is 17.9 Å².